The zero-order valence-corrected chi connectivity index (χ0v) is 9.76. The van der Waals surface area contributed by atoms with E-state index in [4.69, 9.17) is 11.6 Å². The van der Waals surface area contributed by atoms with Gasteiger partial charge in [-0.2, -0.15) is 0 Å². The summed E-state index contributed by atoms with van der Waals surface area (Å²) in [5.74, 6) is 0.152. The molecule has 1 unspecified atom stereocenters. The number of hydrogen-bond donors (Lipinski definition) is 0. The molecular formula is C10H19ClN2O. The maximum atomic E-state index is 11.4. The first-order valence-corrected chi connectivity index (χ1v) is 5.76. The van der Waals surface area contributed by atoms with Gasteiger partial charge in [-0.05, 0) is 33.4 Å². The van der Waals surface area contributed by atoms with Crippen LogP contribution in [-0.4, -0.2) is 54.3 Å². The lowest BCUT2D eigenvalue weighted by Crippen LogP contribution is -2.42. The van der Waals surface area contributed by atoms with Gasteiger partial charge in [0.15, 0.2) is 0 Å². The Morgan fingerprint density at radius 1 is 1.64 bits per heavy atom. The van der Waals surface area contributed by atoms with Crippen LogP contribution < -0.4 is 0 Å². The molecule has 0 aromatic rings. The van der Waals surface area contributed by atoms with Crippen LogP contribution in [0.5, 0.6) is 0 Å². The lowest BCUT2D eigenvalue weighted by Gasteiger charge is -2.27. The first-order chi connectivity index (χ1) is 6.69. The molecule has 3 nitrogen and oxygen atoms in total. The van der Waals surface area contributed by atoms with E-state index < -0.39 is 0 Å². The van der Waals surface area contributed by atoms with Crippen LogP contribution in [-0.2, 0) is 4.79 Å². The SMILES string of the molecule is CCN(CC1CCCN1C)C(=O)CCl. The van der Waals surface area contributed by atoms with Crippen LogP contribution in [0.25, 0.3) is 0 Å². The van der Waals surface area contributed by atoms with Gasteiger partial charge in [0.2, 0.25) is 5.91 Å². The summed E-state index contributed by atoms with van der Waals surface area (Å²) in [5.41, 5.74) is 0. The topological polar surface area (TPSA) is 23.6 Å². The summed E-state index contributed by atoms with van der Waals surface area (Å²) in [6.45, 7) is 4.74. The Labute approximate surface area is 91.0 Å². The molecule has 4 heteroatoms. The number of likely N-dealkylation sites (N-methyl/N-ethyl adjacent to an activating group) is 2. The Hall–Kier alpha value is -0.280. The third-order valence-electron chi connectivity index (χ3n) is 2.95. The molecule has 14 heavy (non-hydrogen) atoms. The predicted octanol–water partition coefficient (Wildman–Crippen LogP) is 1.17. The molecule has 1 rings (SSSR count). The number of nitrogens with zero attached hydrogens (tertiary/aromatic N) is 2. The van der Waals surface area contributed by atoms with Crippen molar-refractivity contribution in [2.24, 2.45) is 0 Å². The van der Waals surface area contributed by atoms with E-state index in [9.17, 15) is 4.79 Å². The van der Waals surface area contributed by atoms with Gasteiger partial charge in [0.1, 0.15) is 5.88 Å². The van der Waals surface area contributed by atoms with Crippen LogP contribution in [0.15, 0.2) is 0 Å². The molecule has 0 N–H and O–H groups in total. The van der Waals surface area contributed by atoms with Crippen molar-refractivity contribution in [1.82, 2.24) is 9.80 Å². The van der Waals surface area contributed by atoms with Gasteiger partial charge in [-0.25, -0.2) is 0 Å². The van der Waals surface area contributed by atoms with Crippen molar-refractivity contribution in [3.8, 4) is 0 Å². The maximum absolute atomic E-state index is 11.4. The molecule has 0 aliphatic carbocycles. The van der Waals surface area contributed by atoms with E-state index in [1.807, 2.05) is 11.8 Å². The highest BCUT2D eigenvalue weighted by atomic mass is 35.5. The largest absolute Gasteiger partial charge is 0.340 e. The zero-order valence-electron chi connectivity index (χ0n) is 9.00. The second-order valence-corrected chi connectivity index (χ2v) is 4.11. The van der Waals surface area contributed by atoms with Crippen LogP contribution in [0, 0.1) is 0 Å². The second kappa shape index (κ2) is 5.56. The smallest absolute Gasteiger partial charge is 0.237 e. The molecule has 1 atom stereocenters. The number of alkyl halides is 1. The standard InChI is InChI=1S/C10H19ClN2O/c1-3-13(10(14)7-11)8-9-5-4-6-12(9)2/h9H,3-8H2,1-2H3. The van der Waals surface area contributed by atoms with Crippen LogP contribution in [0.1, 0.15) is 19.8 Å². The molecule has 0 saturated carbocycles. The number of hydrogen-bond acceptors (Lipinski definition) is 2. The predicted molar refractivity (Wildman–Crippen MR) is 58.6 cm³/mol. The minimum Gasteiger partial charge on any atom is -0.340 e. The Bertz CT molecular complexity index is 199. The molecule has 1 heterocycles. The van der Waals surface area contributed by atoms with Crippen molar-refractivity contribution in [2.75, 3.05) is 32.6 Å². The molecule has 1 aliphatic rings. The van der Waals surface area contributed by atoms with E-state index >= 15 is 0 Å². The molecule has 1 fully saturated rings. The minimum atomic E-state index is 0.0504. The quantitative estimate of drug-likeness (QED) is 0.662. The Morgan fingerprint density at radius 2 is 2.36 bits per heavy atom. The first kappa shape index (κ1) is 11.8. The third-order valence-corrected chi connectivity index (χ3v) is 3.18. The summed E-state index contributed by atoms with van der Waals surface area (Å²) >= 11 is 5.54. The average Bonchev–Trinajstić information content (AvgIpc) is 2.59. The Balaban J connectivity index is 2.43. The van der Waals surface area contributed by atoms with Crippen molar-refractivity contribution in [1.29, 1.82) is 0 Å². The van der Waals surface area contributed by atoms with Gasteiger partial charge in [-0.1, -0.05) is 0 Å². The fourth-order valence-electron chi connectivity index (χ4n) is 1.96. The highest BCUT2D eigenvalue weighted by Crippen LogP contribution is 2.15. The fourth-order valence-corrected chi connectivity index (χ4v) is 2.13. The van der Waals surface area contributed by atoms with E-state index in [1.165, 1.54) is 12.8 Å². The normalized spacial score (nSPS) is 22.6. The highest BCUT2D eigenvalue weighted by molar-refractivity contribution is 6.27. The van der Waals surface area contributed by atoms with Crippen molar-refractivity contribution in [3.63, 3.8) is 0 Å². The molecule has 1 amide bonds. The molecule has 0 aromatic carbocycles. The second-order valence-electron chi connectivity index (χ2n) is 3.84. The highest BCUT2D eigenvalue weighted by Gasteiger charge is 2.24. The summed E-state index contributed by atoms with van der Waals surface area (Å²) in [6, 6.07) is 0.530. The number of amides is 1. The van der Waals surface area contributed by atoms with Crippen molar-refractivity contribution < 1.29 is 4.79 Å². The first-order valence-electron chi connectivity index (χ1n) is 5.23. The molecular weight excluding hydrogens is 200 g/mol. The average molecular weight is 219 g/mol. The van der Waals surface area contributed by atoms with E-state index in [-0.39, 0.29) is 11.8 Å². The van der Waals surface area contributed by atoms with Crippen molar-refractivity contribution >= 4 is 17.5 Å². The number of halogens is 1. The molecule has 0 spiro atoms. The van der Waals surface area contributed by atoms with E-state index in [0.29, 0.717) is 6.04 Å². The molecule has 82 valence electrons. The van der Waals surface area contributed by atoms with Crippen molar-refractivity contribution in [2.45, 2.75) is 25.8 Å². The zero-order chi connectivity index (χ0) is 10.6. The number of likely N-dealkylation sites (tertiary alicyclic amines) is 1. The summed E-state index contributed by atoms with van der Waals surface area (Å²) in [4.78, 5) is 15.6. The molecule has 0 aromatic heterocycles. The Kier molecular flexibility index (Phi) is 4.69. The molecule has 1 aliphatic heterocycles. The monoisotopic (exact) mass is 218 g/mol. The van der Waals surface area contributed by atoms with Crippen LogP contribution >= 0.6 is 11.6 Å². The number of rotatable bonds is 4. The van der Waals surface area contributed by atoms with Crippen molar-refractivity contribution in [3.05, 3.63) is 0 Å². The van der Waals surface area contributed by atoms with Gasteiger partial charge >= 0.3 is 0 Å². The van der Waals surface area contributed by atoms with E-state index in [1.54, 1.807) is 0 Å². The summed E-state index contributed by atoms with van der Waals surface area (Å²) < 4.78 is 0. The molecule has 1 saturated heterocycles. The van der Waals surface area contributed by atoms with E-state index in [2.05, 4.69) is 11.9 Å². The number of carbonyl (C=O) groups excluding carboxylic acids is 1. The minimum absolute atomic E-state index is 0.0504. The summed E-state index contributed by atoms with van der Waals surface area (Å²) in [7, 11) is 2.12. The van der Waals surface area contributed by atoms with Gasteiger partial charge in [-0.3, -0.25) is 4.79 Å². The van der Waals surface area contributed by atoms with Crippen LogP contribution in [0.2, 0.25) is 0 Å². The van der Waals surface area contributed by atoms with Crippen LogP contribution in [0.4, 0.5) is 0 Å². The molecule has 0 radical (unpaired) electrons. The van der Waals surface area contributed by atoms with Gasteiger partial charge in [-0.15, -0.1) is 11.6 Å². The lowest BCUT2D eigenvalue weighted by atomic mass is 10.2. The van der Waals surface area contributed by atoms with E-state index in [0.717, 1.165) is 19.6 Å². The Morgan fingerprint density at radius 3 is 2.79 bits per heavy atom. The van der Waals surface area contributed by atoms with Gasteiger partial charge in [0.05, 0.1) is 0 Å². The maximum Gasteiger partial charge on any atom is 0.237 e. The van der Waals surface area contributed by atoms with Gasteiger partial charge < -0.3 is 9.80 Å². The summed E-state index contributed by atoms with van der Waals surface area (Å²) in [6.07, 6.45) is 2.44. The van der Waals surface area contributed by atoms with Crippen LogP contribution in [0.3, 0.4) is 0 Å². The fraction of sp³-hybridized carbons (Fsp3) is 0.900. The number of carbonyl (C=O) groups is 1. The lowest BCUT2D eigenvalue weighted by molar-refractivity contribution is -0.128. The summed E-state index contributed by atoms with van der Waals surface area (Å²) in [5, 5.41) is 0. The van der Waals surface area contributed by atoms with Gasteiger partial charge in [0.25, 0.3) is 0 Å². The van der Waals surface area contributed by atoms with Gasteiger partial charge in [0, 0.05) is 19.1 Å². The third kappa shape index (κ3) is 2.85. The molecule has 0 bridgehead atoms.